The molecule has 0 aromatic carbocycles. The fraction of sp³-hybridized carbons (Fsp3) is 0.880. The number of carbonyl (C=O) groups is 1. The van der Waals surface area contributed by atoms with Crippen LogP contribution in [0, 0.1) is 23.2 Å². The van der Waals surface area contributed by atoms with E-state index in [1.807, 2.05) is 0 Å². The molecule has 5 rings (SSSR count). The Morgan fingerprint density at radius 1 is 1.13 bits per heavy atom. The highest BCUT2D eigenvalue weighted by molar-refractivity contribution is 5.76. The van der Waals surface area contributed by atoms with Gasteiger partial charge in [-0.25, -0.2) is 0 Å². The van der Waals surface area contributed by atoms with E-state index in [1.54, 1.807) is 0 Å². The minimum absolute atomic E-state index is 0.0587. The lowest BCUT2D eigenvalue weighted by molar-refractivity contribution is -0.145. The quantitative estimate of drug-likeness (QED) is 0.566. The van der Waals surface area contributed by atoms with Crippen molar-refractivity contribution in [2.24, 2.45) is 23.2 Å². The summed E-state index contributed by atoms with van der Waals surface area (Å²) in [7, 11) is 0. The SMILES string of the molecule is C[C@@H]1CCC=C2C[C@H]3OC(=O)C(CN4CCN(C5CCCCC5)CC4)[C@H]3[C@H](O)[C@@]21C. The molecule has 30 heavy (non-hydrogen) atoms. The minimum atomic E-state index is -0.488. The molecule has 0 spiro atoms. The maximum atomic E-state index is 12.9. The smallest absolute Gasteiger partial charge is 0.311 e. The van der Waals surface area contributed by atoms with E-state index < -0.39 is 6.10 Å². The lowest BCUT2D eigenvalue weighted by Gasteiger charge is -2.52. The third-order valence-corrected chi connectivity index (χ3v) is 9.52. The first-order valence-electron chi connectivity index (χ1n) is 12.5. The average molecular weight is 417 g/mol. The van der Waals surface area contributed by atoms with E-state index in [-0.39, 0.29) is 29.3 Å². The van der Waals surface area contributed by atoms with Crippen LogP contribution < -0.4 is 0 Å². The molecule has 0 amide bonds. The van der Waals surface area contributed by atoms with Crippen LogP contribution in [0.15, 0.2) is 11.6 Å². The second-order valence-corrected chi connectivity index (χ2v) is 10.9. The summed E-state index contributed by atoms with van der Waals surface area (Å²) in [6, 6.07) is 0.778. The summed E-state index contributed by atoms with van der Waals surface area (Å²) in [5.41, 5.74) is 1.12. The fourth-order valence-electron chi connectivity index (χ4n) is 7.31. The van der Waals surface area contributed by atoms with Crippen molar-refractivity contribution in [2.75, 3.05) is 32.7 Å². The molecule has 0 radical (unpaired) electrons. The second kappa shape index (κ2) is 8.22. The molecule has 2 heterocycles. The van der Waals surface area contributed by atoms with E-state index in [4.69, 9.17) is 4.74 Å². The summed E-state index contributed by atoms with van der Waals surface area (Å²) < 4.78 is 5.86. The van der Waals surface area contributed by atoms with Crippen molar-refractivity contribution in [2.45, 2.75) is 83.5 Å². The summed E-state index contributed by atoms with van der Waals surface area (Å²) in [5, 5.41) is 11.5. The Kier molecular flexibility index (Phi) is 5.74. The van der Waals surface area contributed by atoms with Crippen LogP contribution in [0.1, 0.15) is 65.2 Å². The van der Waals surface area contributed by atoms with Crippen LogP contribution in [0.4, 0.5) is 0 Å². The van der Waals surface area contributed by atoms with E-state index >= 15 is 0 Å². The predicted octanol–water partition coefficient (Wildman–Crippen LogP) is 3.22. The number of nitrogens with zero attached hydrogens (tertiary/aromatic N) is 2. The van der Waals surface area contributed by atoms with Crippen molar-refractivity contribution in [3.8, 4) is 0 Å². The number of aliphatic hydroxyl groups is 1. The van der Waals surface area contributed by atoms with Gasteiger partial charge in [-0.05, 0) is 31.6 Å². The van der Waals surface area contributed by atoms with Crippen molar-refractivity contribution < 1.29 is 14.6 Å². The second-order valence-electron chi connectivity index (χ2n) is 10.9. The largest absolute Gasteiger partial charge is 0.461 e. The number of aliphatic hydroxyl groups excluding tert-OH is 1. The number of esters is 1. The highest BCUT2D eigenvalue weighted by Crippen LogP contribution is 2.56. The molecule has 4 fully saturated rings. The van der Waals surface area contributed by atoms with Gasteiger partial charge in [0.05, 0.1) is 12.0 Å². The first-order chi connectivity index (χ1) is 14.5. The highest BCUT2D eigenvalue weighted by Gasteiger charge is 2.59. The first-order valence-corrected chi connectivity index (χ1v) is 12.5. The van der Waals surface area contributed by atoms with Crippen molar-refractivity contribution in [3.05, 3.63) is 11.6 Å². The fourth-order valence-corrected chi connectivity index (χ4v) is 7.31. The first kappa shape index (κ1) is 21.0. The van der Waals surface area contributed by atoms with Gasteiger partial charge in [-0.2, -0.15) is 0 Å². The molecule has 2 saturated heterocycles. The highest BCUT2D eigenvalue weighted by atomic mass is 16.6. The number of hydrogen-bond donors (Lipinski definition) is 1. The number of hydrogen-bond acceptors (Lipinski definition) is 5. The molecule has 1 N–H and O–H groups in total. The molecule has 5 aliphatic rings. The summed E-state index contributed by atoms with van der Waals surface area (Å²) in [6.07, 6.45) is 11.6. The summed E-state index contributed by atoms with van der Waals surface area (Å²) in [4.78, 5) is 18.0. The monoisotopic (exact) mass is 416 g/mol. The van der Waals surface area contributed by atoms with Gasteiger partial charge in [-0.3, -0.25) is 14.6 Å². The molecule has 5 nitrogen and oxygen atoms in total. The van der Waals surface area contributed by atoms with E-state index in [0.717, 1.165) is 58.0 Å². The Labute approximate surface area is 181 Å². The van der Waals surface area contributed by atoms with E-state index in [9.17, 15) is 9.90 Å². The van der Waals surface area contributed by atoms with Gasteiger partial charge < -0.3 is 9.84 Å². The Morgan fingerprint density at radius 3 is 2.60 bits per heavy atom. The van der Waals surface area contributed by atoms with Crippen molar-refractivity contribution in [1.29, 1.82) is 0 Å². The van der Waals surface area contributed by atoms with Crippen LogP contribution >= 0.6 is 0 Å². The Hall–Kier alpha value is -0.910. The van der Waals surface area contributed by atoms with Gasteiger partial charge in [0.2, 0.25) is 0 Å². The summed E-state index contributed by atoms with van der Waals surface area (Å²) in [5.74, 6) is 0.133. The van der Waals surface area contributed by atoms with Crippen LogP contribution in [0.25, 0.3) is 0 Å². The normalized spacial score (nSPS) is 43.6. The van der Waals surface area contributed by atoms with Crippen molar-refractivity contribution in [1.82, 2.24) is 9.80 Å². The Bertz CT molecular complexity index is 680. The number of carbonyl (C=O) groups excluding carboxylic acids is 1. The molecule has 6 atom stereocenters. The molecule has 5 heteroatoms. The van der Waals surface area contributed by atoms with Crippen LogP contribution in [-0.2, 0) is 9.53 Å². The Morgan fingerprint density at radius 2 is 1.87 bits per heavy atom. The van der Waals surface area contributed by atoms with Gasteiger partial charge in [0.1, 0.15) is 6.10 Å². The molecule has 168 valence electrons. The van der Waals surface area contributed by atoms with Gasteiger partial charge in [0, 0.05) is 56.5 Å². The third-order valence-electron chi connectivity index (χ3n) is 9.52. The van der Waals surface area contributed by atoms with Crippen LogP contribution in [0.3, 0.4) is 0 Å². The number of fused-ring (bicyclic) bond motifs is 2. The average Bonchev–Trinajstić information content (AvgIpc) is 3.07. The zero-order valence-corrected chi connectivity index (χ0v) is 18.9. The molecule has 0 aromatic rings. The topological polar surface area (TPSA) is 53.0 Å². The zero-order valence-electron chi connectivity index (χ0n) is 18.9. The van der Waals surface area contributed by atoms with Gasteiger partial charge in [0.15, 0.2) is 0 Å². The third kappa shape index (κ3) is 3.45. The molecule has 2 saturated carbocycles. The predicted molar refractivity (Wildman–Crippen MR) is 117 cm³/mol. The maximum Gasteiger partial charge on any atom is 0.311 e. The van der Waals surface area contributed by atoms with Crippen LogP contribution in [0.2, 0.25) is 0 Å². The van der Waals surface area contributed by atoms with Crippen LogP contribution in [-0.4, -0.2) is 71.8 Å². The standard InChI is InChI=1S/C25H40N2O3/c1-17-7-6-8-18-15-21-22(23(28)25(17,18)2)20(24(29)30-21)16-26-11-13-27(14-12-26)19-9-4-3-5-10-19/h8,17,19-23,28H,3-7,9-16H2,1-2H3/t17-,20?,21-,22-,23+,25-/m1/s1. The lowest BCUT2D eigenvalue weighted by atomic mass is 9.55. The molecule has 1 unspecified atom stereocenters. The van der Waals surface area contributed by atoms with Crippen molar-refractivity contribution >= 4 is 5.97 Å². The molecule has 0 bridgehead atoms. The molecular weight excluding hydrogens is 376 g/mol. The van der Waals surface area contributed by atoms with E-state index in [2.05, 4.69) is 29.7 Å². The molecule has 3 aliphatic carbocycles. The summed E-state index contributed by atoms with van der Waals surface area (Å²) in [6.45, 7) is 9.55. The number of ether oxygens (including phenoxy) is 1. The molecular formula is C25H40N2O3. The van der Waals surface area contributed by atoms with Crippen LogP contribution in [0.5, 0.6) is 0 Å². The molecule has 2 aliphatic heterocycles. The van der Waals surface area contributed by atoms with Gasteiger partial charge >= 0.3 is 5.97 Å². The summed E-state index contributed by atoms with van der Waals surface area (Å²) >= 11 is 0. The molecule has 0 aromatic heterocycles. The number of rotatable bonds is 3. The van der Waals surface area contributed by atoms with Gasteiger partial charge in [-0.15, -0.1) is 0 Å². The maximum absolute atomic E-state index is 12.9. The Balaban J connectivity index is 1.25. The lowest BCUT2D eigenvalue weighted by Crippen LogP contribution is -2.56. The minimum Gasteiger partial charge on any atom is -0.461 e. The van der Waals surface area contributed by atoms with Gasteiger partial charge in [0.25, 0.3) is 0 Å². The number of piperazine rings is 1. The van der Waals surface area contributed by atoms with Gasteiger partial charge in [-0.1, -0.05) is 44.8 Å². The van der Waals surface area contributed by atoms with E-state index in [1.165, 1.54) is 37.7 Å². The number of allylic oxidation sites excluding steroid dienone is 1. The van der Waals surface area contributed by atoms with E-state index in [0.29, 0.717) is 5.92 Å². The van der Waals surface area contributed by atoms with Crippen molar-refractivity contribution in [3.63, 3.8) is 0 Å². The zero-order chi connectivity index (χ0) is 20.9.